The number of fused-ring (bicyclic) bond motifs is 1. The van der Waals surface area contributed by atoms with Gasteiger partial charge in [-0.15, -0.1) is 0 Å². The molecule has 0 unspecified atom stereocenters. The number of methoxy groups -OCH3 is 3. The van der Waals surface area contributed by atoms with Gasteiger partial charge in [0.1, 0.15) is 12.3 Å². The molecule has 0 bridgehead atoms. The van der Waals surface area contributed by atoms with Crippen molar-refractivity contribution >= 4 is 16.6 Å². The first-order valence-electron chi connectivity index (χ1n) is 10.0. The predicted octanol–water partition coefficient (Wildman–Crippen LogP) is 5.07. The van der Waals surface area contributed by atoms with Crippen molar-refractivity contribution in [1.82, 2.24) is 4.98 Å². The number of rotatable bonds is 8. The second kappa shape index (κ2) is 9.39. The summed E-state index contributed by atoms with van der Waals surface area (Å²) in [5.74, 6) is 1.93. The van der Waals surface area contributed by atoms with Gasteiger partial charge < -0.3 is 18.9 Å². The summed E-state index contributed by atoms with van der Waals surface area (Å²) in [5, 5.41) is 1.51. The molecule has 32 heavy (non-hydrogen) atoms. The van der Waals surface area contributed by atoms with Crippen LogP contribution in [0.3, 0.4) is 0 Å². The third-order valence-corrected chi connectivity index (χ3v) is 5.15. The predicted molar refractivity (Wildman–Crippen MR) is 122 cm³/mol. The molecule has 1 aromatic heterocycles. The van der Waals surface area contributed by atoms with Crippen LogP contribution < -0.4 is 18.9 Å². The molecule has 0 aliphatic carbocycles. The van der Waals surface area contributed by atoms with E-state index >= 15 is 0 Å². The highest BCUT2D eigenvalue weighted by Gasteiger charge is 2.19. The standard InChI is InChI=1S/C26H23NO5/c1-29-21-10-9-19(14-24(21)32-16-17-7-5-4-6-8-17)26(28)25-20-15-23(31-3)22(30-2)13-18(20)11-12-27-25/h4-15H,16H2,1-3H3. The van der Waals surface area contributed by atoms with Crippen LogP contribution in [0.2, 0.25) is 0 Å². The summed E-state index contributed by atoms with van der Waals surface area (Å²) in [6.07, 6.45) is 1.61. The van der Waals surface area contributed by atoms with E-state index in [-0.39, 0.29) is 5.78 Å². The highest BCUT2D eigenvalue weighted by atomic mass is 16.5. The van der Waals surface area contributed by atoms with Crippen molar-refractivity contribution in [3.05, 3.63) is 89.7 Å². The van der Waals surface area contributed by atoms with E-state index in [1.54, 1.807) is 51.8 Å². The second-order valence-electron chi connectivity index (χ2n) is 7.06. The minimum absolute atomic E-state index is 0.227. The van der Waals surface area contributed by atoms with Gasteiger partial charge in [-0.25, -0.2) is 0 Å². The highest BCUT2D eigenvalue weighted by molar-refractivity contribution is 6.15. The lowest BCUT2D eigenvalue weighted by Gasteiger charge is -2.13. The first-order chi connectivity index (χ1) is 15.6. The van der Waals surface area contributed by atoms with Gasteiger partial charge in [-0.05, 0) is 47.3 Å². The van der Waals surface area contributed by atoms with Crippen molar-refractivity contribution < 1.29 is 23.7 Å². The molecular formula is C26H23NO5. The van der Waals surface area contributed by atoms with E-state index in [2.05, 4.69) is 4.98 Å². The lowest BCUT2D eigenvalue weighted by Crippen LogP contribution is -2.06. The second-order valence-corrected chi connectivity index (χ2v) is 7.06. The first kappa shape index (κ1) is 21.2. The molecule has 0 fully saturated rings. The zero-order chi connectivity index (χ0) is 22.5. The molecule has 4 aromatic rings. The minimum atomic E-state index is -0.227. The van der Waals surface area contributed by atoms with Gasteiger partial charge in [-0.2, -0.15) is 0 Å². The molecule has 0 saturated heterocycles. The van der Waals surface area contributed by atoms with Crippen LogP contribution in [0.15, 0.2) is 72.9 Å². The van der Waals surface area contributed by atoms with Gasteiger partial charge in [0.15, 0.2) is 23.0 Å². The number of hydrogen-bond acceptors (Lipinski definition) is 6. The number of carbonyl (C=O) groups is 1. The Morgan fingerprint density at radius 1 is 0.781 bits per heavy atom. The van der Waals surface area contributed by atoms with Crippen LogP contribution in [0.1, 0.15) is 21.6 Å². The van der Waals surface area contributed by atoms with E-state index in [1.165, 1.54) is 0 Å². The van der Waals surface area contributed by atoms with Crippen molar-refractivity contribution in [2.75, 3.05) is 21.3 Å². The Bertz CT molecular complexity index is 1250. The Labute approximate surface area is 186 Å². The fourth-order valence-corrected chi connectivity index (χ4v) is 3.48. The smallest absolute Gasteiger partial charge is 0.212 e. The van der Waals surface area contributed by atoms with Crippen LogP contribution >= 0.6 is 0 Å². The molecular weight excluding hydrogens is 406 g/mol. The summed E-state index contributed by atoms with van der Waals surface area (Å²) < 4.78 is 22.2. The lowest BCUT2D eigenvalue weighted by molar-refractivity contribution is 0.103. The van der Waals surface area contributed by atoms with Gasteiger partial charge in [-0.1, -0.05) is 30.3 Å². The van der Waals surface area contributed by atoms with E-state index in [1.807, 2.05) is 42.5 Å². The van der Waals surface area contributed by atoms with E-state index in [0.717, 1.165) is 10.9 Å². The molecule has 6 heteroatoms. The summed E-state index contributed by atoms with van der Waals surface area (Å²) in [7, 11) is 4.70. The van der Waals surface area contributed by atoms with E-state index in [0.29, 0.717) is 46.2 Å². The van der Waals surface area contributed by atoms with Crippen LogP contribution in [0, 0.1) is 0 Å². The van der Waals surface area contributed by atoms with E-state index in [4.69, 9.17) is 18.9 Å². The molecule has 3 aromatic carbocycles. The van der Waals surface area contributed by atoms with Crippen LogP contribution in [-0.2, 0) is 6.61 Å². The average Bonchev–Trinajstić information content (AvgIpc) is 2.86. The van der Waals surface area contributed by atoms with Crippen molar-refractivity contribution in [3.8, 4) is 23.0 Å². The molecule has 0 aliphatic rings. The summed E-state index contributed by atoms with van der Waals surface area (Å²) >= 11 is 0. The summed E-state index contributed by atoms with van der Waals surface area (Å²) in [6, 6.07) is 20.3. The quantitative estimate of drug-likeness (QED) is 0.364. The lowest BCUT2D eigenvalue weighted by atomic mass is 10.0. The molecule has 0 atom stereocenters. The third-order valence-electron chi connectivity index (χ3n) is 5.15. The van der Waals surface area contributed by atoms with Crippen molar-refractivity contribution in [2.45, 2.75) is 6.61 Å². The number of nitrogens with zero attached hydrogens (tertiary/aromatic N) is 1. The maximum Gasteiger partial charge on any atom is 0.212 e. The Hall–Kier alpha value is -4.06. The third kappa shape index (κ3) is 4.21. The Morgan fingerprint density at radius 3 is 2.22 bits per heavy atom. The number of aromatic nitrogens is 1. The fourth-order valence-electron chi connectivity index (χ4n) is 3.48. The molecule has 0 aliphatic heterocycles. The summed E-state index contributed by atoms with van der Waals surface area (Å²) in [5.41, 5.74) is 1.79. The summed E-state index contributed by atoms with van der Waals surface area (Å²) in [6.45, 7) is 0.359. The Morgan fingerprint density at radius 2 is 1.50 bits per heavy atom. The van der Waals surface area contributed by atoms with Gasteiger partial charge >= 0.3 is 0 Å². The number of carbonyl (C=O) groups excluding carboxylic acids is 1. The molecule has 0 saturated carbocycles. The number of ether oxygens (including phenoxy) is 4. The number of pyridine rings is 1. The van der Waals surface area contributed by atoms with Crippen LogP contribution in [0.5, 0.6) is 23.0 Å². The van der Waals surface area contributed by atoms with Gasteiger partial charge in [-0.3, -0.25) is 9.78 Å². The zero-order valence-electron chi connectivity index (χ0n) is 18.1. The van der Waals surface area contributed by atoms with Crippen molar-refractivity contribution in [3.63, 3.8) is 0 Å². The zero-order valence-corrected chi connectivity index (χ0v) is 18.1. The maximum atomic E-state index is 13.4. The molecule has 4 rings (SSSR count). The maximum absolute atomic E-state index is 13.4. The highest BCUT2D eigenvalue weighted by Crippen LogP contribution is 2.34. The van der Waals surface area contributed by atoms with E-state index in [9.17, 15) is 4.79 Å². The molecule has 162 valence electrons. The fraction of sp³-hybridized carbons (Fsp3) is 0.154. The van der Waals surface area contributed by atoms with Gasteiger partial charge in [0.2, 0.25) is 5.78 Å². The normalized spacial score (nSPS) is 10.6. The minimum Gasteiger partial charge on any atom is -0.493 e. The topological polar surface area (TPSA) is 66.9 Å². The molecule has 0 radical (unpaired) electrons. The Balaban J connectivity index is 1.70. The van der Waals surface area contributed by atoms with Crippen LogP contribution in [-0.4, -0.2) is 32.1 Å². The molecule has 6 nitrogen and oxygen atoms in total. The number of hydrogen-bond donors (Lipinski definition) is 0. The number of benzene rings is 3. The monoisotopic (exact) mass is 429 g/mol. The van der Waals surface area contributed by atoms with Crippen LogP contribution in [0.4, 0.5) is 0 Å². The van der Waals surface area contributed by atoms with Gasteiger partial charge in [0.25, 0.3) is 0 Å². The summed E-state index contributed by atoms with van der Waals surface area (Å²) in [4.78, 5) is 17.8. The molecule has 0 spiro atoms. The van der Waals surface area contributed by atoms with E-state index < -0.39 is 0 Å². The van der Waals surface area contributed by atoms with Gasteiger partial charge in [0, 0.05) is 17.1 Å². The van der Waals surface area contributed by atoms with Gasteiger partial charge in [0.05, 0.1) is 21.3 Å². The largest absolute Gasteiger partial charge is 0.493 e. The Kier molecular flexibility index (Phi) is 6.22. The van der Waals surface area contributed by atoms with Crippen LogP contribution in [0.25, 0.3) is 10.8 Å². The average molecular weight is 429 g/mol. The van der Waals surface area contributed by atoms with Crippen molar-refractivity contribution in [1.29, 1.82) is 0 Å². The molecule has 1 heterocycles. The molecule has 0 amide bonds. The van der Waals surface area contributed by atoms with Crippen molar-refractivity contribution in [2.24, 2.45) is 0 Å². The first-order valence-corrected chi connectivity index (χ1v) is 10.0. The SMILES string of the molecule is COc1cc2ccnc(C(=O)c3ccc(OC)c(OCc4ccccc4)c3)c2cc1OC. The number of ketones is 1. The molecule has 0 N–H and O–H groups in total.